The molecule has 1 saturated carbocycles. The third kappa shape index (κ3) is 6.40. The van der Waals surface area contributed by atoms with Gasteiger partial charge in [0, 0.05) is 19.1 Å². The van der Waals surface area contributed by atoms with Crippen molar-refractivity contribution in [2.75, 3.05) is 20.2 Å². The Labute approximate surface area is 145 Å². The molecule has 0 bridgehead atoms. The normalized spacial score (nSPS) is 21.4. The zero-order chi connectivity index (χ0) is 17.2. The fraction of sp³-hybridized carbons (Fsp3) is 0.632. The number of nitrogens with zero attached hydrogens (tertiary/aromatic N) is 1. The minimum atomic E-state index is -0.118. The lowest BCUT2D eigenvalue weighted by atomic mass is 9.93. The van der Waals surface area contributed by atoms with Crippen molar-refractivity contribution in [3.63, 3.8) is 0 Å². The molecule has 0 aromatic heterocycles. The van der Waals surface area contributed by atoms with Crippen molar-refractivity contribution in [3.8, 4) is 5.75 Å². The molecule has 2 rings (SSSR count). The number of ether oxygens (including phenoxy) is 1. The zero-order valence-electron chi connectivity index (χ0n) is 14.9. The van der Waals surface area contributed by atoms with E-state index in [0.717, 1.165) is 63.3 Å². The summed E-state index contributed by atoms with van der Waals surface area (Å²) in [5.41, 5.74) is 1.31. The first-order chi connectivity index (χ1) is 11.7. The van der Waals surface area contributed by atoms with Crippen LogP contribution < -0.4 is 15.4 Å². The average molecular weight is 333 g/mol. The Kier molecular flexibility index (Phi) is 7.89. The maximum absolute atomic E-state index is 9.60. The Bertz CT molecular complexity index is 494. The van der Waals surface area contributed by atoms with Crippen LogP contribution in [0.25, 0.3) is 0 Å². The SMILES string of the molecule is CCNC(=NCCCc1ccc(OC)cc1)NC1CCC(O)CC1. The largest absolute Gasteiger partial charge is 0.497 e. The number of hydrogen-bond acceptors (Lipinski definition) is 3. The maximum Gasteiger partial charge on any atom is 0.191 e. The molecular formula is C19H31N3O2. The first kappa shape index (κ1) is 18.6. The molecule has 0 saturated heterocycles. The van der Waals surface area contributed by atoms with Crippen molar-refractivity contribution in [2.24, 2.45) is 4.99 Å². The standard InChI is InChI=1S/C19H31N3O2/c1-3-20-19(22-16-8-10-17(23)11-9-16)21-14-4-5-15-6-12-18(24-2)13-7-15/h6-7,12-13,16-17,23H,3-5,8-11,14H2,1-2H3,(H2,20,21,22). The van der Waals surface area contributed by atoms with Crippen LogP contribution in [0.15, 0.2) is 29.3 Å². The molecule has 0 atom stereocenters. The second-order valence-electron chi connectivity index (χ2n) is 6.36. The lowest BCUT2D eigenvalue weighted by Gasteiger charge is -2.27. The summed E-state index contributed by atoms with van der Waals surface area (Å²) in [6.07, 6.45) is 5.71. The van der Waals surface area contributed by atoms with Crippen LogP contribution >= 0.6 is 0 Å². The number of rotatable bonds is 7. The van der Waals surface area contributed by atoms with Gasteiger partial charge in [-0.25, -0.2) is 0 Å². The molecule has 1 aliphatic rings. The van der Waals surface area contributed by atoms with Crippen LogP contribution in [-0.4, -0.2) is 43.4 Å². The van der Waals surface area contributed by atoms with Crippen molar-refractivity contribution in [1.29, 1.82) is 0 Å². The van der Waals surface area contributed by atoms with Crippen LogP contribution in [0.3, 0.4) is 0 Å². The minimum Gasteiger partial charge on any atom is -0.497 e. The highest BCUT2D eigenvalue weighted by Crippen LogP contribution is 2.18. The fourth-order valence-corrected chi connectivity index (χ4v) is 3.00. The third-order valence-corrected chi connectivity index (χ3v) is 4.43. The average Bonchev–Trinajstić information content (AvgIpc) is 2.61. The highest BCUT2D eigenvalue weighted by atomic mass is 16.5. The molecule has 1 aromatic rings. The second-order valence-corrected chi connectivity index (χ2v) is 6.36. The Morgan fingerprint density at radius 2 is 1.92 bits per heavy atom. The maximum atomic E-state index is 9.60. The molecule has 0 aliphatic heterocycles. The van der Waals surface area contributed by atoms with Crippen LogP contribution in [0, 0.1) is 0 Å². The van der Waals surface area contributed by atoms with E-state index in [1.54, 1.807) is 7.11 Å². The van der Waals surface area contributed by atoms with Crippen molar-refractivity contribution in [2.45, 2.75) is 57.6 Å². The summed E-state index contributed by atoms with van der Waals surface area (Å²) in [5.74, 6) is 1.79. The van der Waals surface area contributed by atoms with E-state index in [-0.39, 0.29) is 6.10 Å². The second kappa shape index (κ2) is 10.2. The van der Waals surface area contributed by atoms with Gasteiger partial charge >= 0.3 is 0 Å². The van der Waals surface area contributed by atoms with Crippen LogP contribution in [0.4, 0.5) is 0 Å². The summed E-state index contributed by atoms with van der Waals surface area (Å²) in [6.45, 7) is 3.75. The summed E-state index contributed by atoms with van der Waals surface area (Å²) in [7, 11) is 1.69. The molecule has 5 nitrogen and oxygen atoms in total. The number of nitrogens with one attached hydrogen (secondary N) is 2. The fourth-order valence-electron chi connectivity index (χ4n) is 3.00. The number of aliphatic imine (C=N–C) groups is 1. The predicted molar refractivity (Wildman–Crippen MR) is 98.7 cm³/mol. The number of hydrogen-bond donors (Lipinski definition) is 3. The van der Waals surface area contributed by atoms with E-state index in [2.05, 4.69) is 34.7 Å². The summed E-state index contributed by atoms with van der Waals surface area (Å²) in [4.78, 5) is 4.68. The van der Waals surface area contributed by atoms with Gasteiger partial charge in [-0.3, -0.25) is 4.99 Å². The topological polar surface area (TPSA) is 65.9 Å². The molecule has 1 aromatic carbocycles. The molecule has 0 heterocycles. The summed E-state index contributed by atoms with van der Waals surface area (Å²) in [5, 5.41) is 16.4. The van der Waals surface area contributed by atoms with Gasteiger partial charge in [0.2, 0.25) is 0 Å². The highest BCUT2D eigenvalue weighted by molar-refractivity contribution is 5.80. The Balaban J connectivity index is 1.75. The first-order valence-electron chi connectivity index (χ1n) is 9.07. The molecule has 0 spiro atoms. The van der Waals surface area contributed by atoms with Crippen molar-refractivity contribution < 1.29 is 9.84 Å². The van der Waals surface area contributed by atoms with Gasteiger partial charge in [-0.15, -0.1) is 0 Å². The van der Waals surface area contributed by atoms with Crippen molar-refractivity contribution in [1.82, 2.24) is 10.6 Å². The molecule has 3 N–H and O–H groups in total. The Morgan fingerprint density at radius 3 is 2.54 bits per heavy atom. The molecule has 0 radical (unpaired) electrons. The third-order valence-electron chi connectivity index (χ3n) is 4.43. The minimum absolute atomic E-state index is 0.118. The number of benzene rings is 1. The molecule has 0 unspecified atom stereocenters. The van der Waals surface area contributed by atoms with Crippen LogP contribution in [0.2, 0.25) is 0 Å². The van der Waals surface area contributed by atoms with Gasteiger partial charge in [0.25, 0.3) is 0 Å². The summed E-state index contributed by atoms with van der Waals surface area (Å²) < 4.78 is 5.18. The van der Waals surface area contributed by atoms with E-state index in [0.29, 0.717) is 6.04 Å². The number of guanidine groups is 1. The van der Waals surface area contributed by atoms with Crippen LogP contribution in [-0.2, 0) is 6.42 Å². The van der Waals surface area contributed by atoms with Gasteiger partial charge in [0.05, 0.1) is 13.2 Å². The number of aryl methyl sites for hydroxylation is 1. The smallest absolute Gasteiger partial charge is 0.191 e. The van der Waals surface area contributed by atoms with Crippen LogP contribution in [0.1, 0.15) is 44.6 Å². The van der Waals surface area contributed by atoms with E-state index < -0.39 is 0 Å². The van der Waals surface area contributed by atoms with E-state index in [1.165, 1.54) is 5.56 Å². The van der Waals surface area contributed by atoms with E-state index in [4.69, 9.17) is 4.74 Å². The molecule has 5 heteroatoms. The Morgan fingerprint density at radius 1 is 1.21 bits per heavy atom. The summed E-state index contributed by atoms with van der Waals surface area (Å²) >= 11 is 0. The van der Waals surface area contributed by atoms with Gasteiger partial charge in [-0.2, -0.15) is 0 Å². The number of methoxy groups -OCH3 is 1. The molecule has 1 aliphatic carbocycles. The molecular weight excluding hydrogens is 302 g/mol. The van der Waals surface area contributed by atoms with Gasteiger partial charge in [0.15, 0.2) is 5.96 Å². The van der Waals surface area contributed by atoms with E-state index in [1.807, 2.05) is 12.1 Å². The zero-order valence-corrected chi connectivity index (χ0v) is 14.9. The monoisotopic (exact) mass is 333 g/mol. The highest BCUT2D eigenvalue weighted by Gasteiger charge is 2.19. The Hall–Kier alpha value is -1.75. The molecule has 24 heavy (non-hydrogen) atoms. The van der Waals surface area contributed by atoms with Gasteiger partial charge < -0.3 is 20.5 Å². The molecule has 134 valence electrons. The molecule has 1 fully saturated rings. The summed E-state index contributed by atoms with van der Waals surface area (Å²) in [6, 6.07) is 8.65. The van der Waals surface area contributed by atoms with Gasteiger partial charge in [0.1, 0.15) is 5.75 Å². The van der Waals surface area contributed by atoms with E-state index in [9.17, 15) is 5.11 Å². The lowest BCUT2D eigenvalue weighted by Crippen LogP contribution is -2.45. The van der Waals surface area contributed by atoms with E-state index >= 15 is 0 Å². The van der Waals surface area contributed by atoms with Gasteiger partial charge in [-0.1, -0.05) is 12.1 Å². The van der Waals surface area contributed by atoms with Crippen molar-refractivity contribution >= 4 is 5.96 Å². The predicted octanol–water partition coefficient (Wildman–Crippen LogP) is 2.49. The number of aliphatic hydroxyl groups excluding tert-OH is 1. The van der Waals surface area contributed by atoms with Crippen LogP contribution in [0.5, 0.6) is 5.75 Å². The van der Waals surface area contributed by atoms with Gasteiger partial charge in [-0.05, 0) is 63.1 Å². The van der Waals surface area contributed by atoms with Crippen molar-refractivity contribution in [3.05, 3.63) is 29.8 Å². The first-order valence-corrected chi connectivity index (χ1v) is 9.07. The lowest BCUT2D eigenvalue weighted by molar-refractivity contribution is 0.120. The quantitative estimate of drug-likeness (QED) is 0.407. The molecule has 0 amide bonds. The number of aliphatic hydroxyl groups is 1.